The smallest absolute Gasteiger partial charge is 0.0187 e. The standard InChI is InChI=1S/C9H9S/c1-2-4-9-7-10-6-5-8(9)3-1/h1,3-4H,5-7H2. The zero-order chi connectivity index (χ0) is 6.81. The van der Waals surface area contributed by atoms with Crippen LogP contribution in [0.1, 0.15) is 11.1 Å². The minimum atomic E-state index is 1.19. The van der Waals surface area contributed by atoms with Crippen LogP contribution in [0.4, 0.5) is 0 Å². The van der Waals surface area contributed by atoms with E-state index < -0.39 is 0 Å². The maximum Gasteiger partial charge on any atom is 0.0187 e. The lowest BCUT2D eigenvalue weighted by molar-refractivity contribution is 1.08. The van der Waals surface area contributed by atoms with E-state index >= 15 is 0 Å². The summed E-state index contributed by atoms with van der Waals surface area (Å²) in [5, 5.41) is 0. The van der Waals surface area contributed by atoms with Crippen LogP contribution in [0.25, 0.3) is 0 Å². The second-order valence-electron chi connectivity index (χ2n) is 2.50. The molecule has 0 amide bonds. The van der Waals surface area contributed by atoms with Crippen molar-refractivity contribution in [2.24, 2.45) is 0 Å². The molecule has 0 spiro atoms. The van der Waals surface area contributed by atoms with Crippen molar-refractivity contribution in [2.75, 3.05) is 5.75 Å². The van der Waals surface area contributed by atoms with E-state index in [4.69, 9.17) is 0 Å². The quantitative estimate of drug-likeness (QED) is 0.545. The van der Waals surface area contributed by atoms with Gasteiger partial charge >= 0.3 is 0 Å². The van der Waals surface area contributed by atoms with Crippen molar-refractivity contribution in [2.45, 2.75) is 12.2 Å². The molecule has 51 valence electrons. The first-order valence-electron chi connectivity index (χ1n) is 3.52. The number of fused-ring (bicyclic) bond motifs is 1. The van der Waals surface area contributed by atoms with Crippen molar-refractivity contribution in [1.82, 2.24) is 0 Å². The first-order chi connectivity index (χ1) is 4.97. The molecule has 1 radical (unpaired) electrons. The summed E-state index contributed by atoms with van der Waals surface area (Å²) in [6.45, 7) is 0. The van der Waals surface area contributed by atoms with Crippen LogP contribution in [0.15, 0.2) is 18.2 Å². The highest BCUT2D eigenvalue weighted by molar-refractivity contribution is 7.98. The number of benzene rings is 1. The minimum absolute atomic E-state index is 1.19. The Morgan fingerprint density at radius 3 is 3.30 bits per heavy atom. The van der Waals surface area contributed by atoms with Gasteiger partial charge in [-0.3, -0.25) is 0 Å². The van der Waals surface area contributed by atoms with E-state index in [1.54, 1.807) is 0 Å². The predicted molar refractivity (Wildman–Crippen MR) is 45.1 cm³/mol. The van der Waals surface area contributed by atoms with Gasteiger partial charge in [0.05, 0.1) is 0 Å². The van der Waals surface area contributed by atoms with Crippen LogP contribution < -0.4 is 0 Å². The largest absolute Gasteiger partial charge is 0.157 e. The molecular formula is C9H9S. The fraction of sp³-hybridized carbons (Fsp3) is 0.333. The van der Waals surface area contributed by atoms with Crippen LogP contribution >= 0.6 is 11.8 Å². The first kappa shape index (κ1) is 6.29. The van der Waals surface area contributed by atoms with Gasteiger partial charge in [0, 0.05) is 5.75 Å². The minimum Gasteiger partial charge on any atom is -0.157 e. The van der Waals surface area contributed by atoms with E-state index in [9.17, 15) is 0 Å². The Morgan fingerprint density at radius 1 is 1.40 bits per heavy atom. The molecule has 1 aromatic carbocycles. The molecule has 0 atom stereocenters. The summed E-state index contributed by atoms with van der Waals surface area (Å²) in [6.07, 6.45) is 1.24. The van der Waals surface area contributed by atoms with Gasteiger partial charge in [0.2, 0.25) is 0 Å². The van der Waals surface area contributed by atoms with Crippen LogP contribution in [0.5, 0.6) is 0 Å². The first-order valence-corrected chi connectivity index (χ1v) is 4.68. The number of aryl methyl sites for hydroxylation is 1. The maximum atomic E-state index is 3.11. The molecule has 1 aliphatic rings. The van der Waals surface area contributed by atoms with Crippen LogP contribution in [0.3, 0.4) is 0 Å². The predicted octanol–water partition coefficient (Wildman–Crippen LogP) is 2.28. The van der Waals surface area contributed by atoms with E-state index in [2.05, 4.69) is 18.2 Å². The Hall–Kier alpha value is -0.430. The summed E-state index contributed by atoms with van der Waals surface area (Å²) >= 11 is 2.02. The van der Waals surface area contributed by atoms with Crippen LogP contribution in [-0.4, -0.2) is 5.75 Å². The molecule has 0 unspecified atom stereocenters. The van der Waals surface area contributed by atoms with Crippen molar-refractivity contribution in [3.63, 3.8) is 0 Å². The molecule has 0 saturated heterocycles. The zero-order valence-corrected chi connectivity index (χ0v) is 6.58. The Labute approximate surface area is 65.6 Å². The SMILES string of the molecule is [c]1ccc2c(c1)CSCC2. The van der Waals surface area contributed by atoms with Crippen LogP contribution in [0, 0.1) is 6.07 Å². The molecular weight excluding hydrogens is 140 g/mol. The normalized spacial score (nSPS) is 16.4. The Morgan fingerprint density at radius 2 is 2.40 bits per heavy atom. The summed E-state index contributed by atoms with van der Waals surface area (Å²) in [7, 11) is 0. The second kappa shape index (κ2) is 2.67. The second-order valence-corrected chi connectivity index (χ2v) is 3.60. The van der Waals surface area contributed by atoms with Crippen molar-refractivity contribution >= 4 is 11.8 Å². The molecule has 0 aliphatic carbocycles. The molecule has 0 fully saturated rings. The summed E-state index contributed by atoms with van der Waals surface area (Å²) in [5.74, 6) is 2.48. The van der Waals surface area contributed by atoms with Gasteiger partial charge in [0.1, 0.15) is 0 Å². The highest BCUT2D eigenvalue weighted by Gasteiger charge is 2.06. The van der Waals surface area contributed by atoms with Gasteiger partial charge in [-0.1, -0.05) is 18.2 Å². The number of hydrogen-bond donors (Lipinski definition) is 0. The molecule has 1 aliphatic heterocycles. The van der Waals surface area contributed by atoms with Gasteiger partial charge in [-0.15, -0.1) is 0 Å². The zero-order valence-electron chi connectivity index (χ0n) is 5.76. The van der Waals surface area contributed by atoms with Gasteiger partial charge in [-0.2, -0.15) is 11.8 Å². The summed E-state index contributed by atoms with van der Waals surface area (Å²) in [4.78, 5) is 0. The molecule has 0 N–H and O–H groups in total. The molecule has 1 aromatic rings. The highest BCUT2D eigenvalue weighted by atomic mass is 32.2. The van der Waals surface area contributed by atoms with Gasteiger partial charge in [0.15, 0.2) is 0 Å². The molecule has 0 saturated carbocycles. The molecule has 2 rings (SSSR count). The summed E-state index contributed by atoms with van der Waals surface area (Å²) in [5.41, 5.74) is 3.01. The monoisotopic (exact) mass is 149 g/mol. The van der Waals surface area contributed by atoms with E-state index in [0.29, 0.717) is 0 Å². The Balaban J connectivity index is 2.41. The molecule has 1 heterocycles. The lowest BCUT2D eigenvalue weighted by Crippen LogP contribution is -2.00. The van der Waals surface area contributed by atoms with Crippen LogP contribution in [0.2, 0.25) is 0 Å². The number of hydrogen-bond acceptors (Lipinski definition) is 1. The van der Waals surface area contributed by atoms with E-state index in [1.807, 2.05) is 17.8 Å². The van der Waals surface area contributed by atoms with Gasteiger partial charge in [-0.25, -0.2) is 0 Å². The third-order valence-electron chi connectivity index (χ3n) is 1.82. The Bertz CT molecular complexity index is 205. The van der Waals surface area contributed by atoms with Crippen molar-refractivity contribution < 1.29 is 0 Å². The van der Waals surface area contributed by atoms with E-state index in [1.165, 1.54) is 29.1 Å². The van der Waals surface area contributed by atoms with Crippen molar-refractivity contribution in [3.8, 4) is 0 Å². The topological polar surface area (TPSA) is 0 Å². The Kier molecular flexibility index (Phi) is 1.68. The van der Waals surface area contributed by atoms with E-state index in [0.717, 1.165) is 0 Å². The van der Waals surface area contributed by atoms with Crippen LogP contribution in [-0.2, 0) is 12.2 Å². The molecule has 0 aromatic heterocycles. The average Bonchev–Trinajstić information content (AvgIpc) is 2.05. The fourth-order valence-electron chi connectivity index (χ4n) is 1.24. The number of rotatable bonds is 0. The third kappa shape index (κ3) is 1.06. The van der Waals surface area contributed by atoms with Crippen molar-refractivity contribution in [1.29, 1.82) is 0 Å². The van der Waals surface area contributed by atoms with Gasteiger partial charge in [0.25, 0.3) is 0 Å². The maximum absolute atomic E-state index is 3.11. The summed E-state index contributed by atoms with van der Waals surface area (Å²) in [6, 6.07) is 9.42. The number of thioether (sulfide) groups is 1. The molecule has 10 heavy (non-hydrogen) atoms. The van der Waals surface area contributed by atoms with E-state index in [-0.39, 0.29) is 0 Å². The van der Waals surface area contributed by atoms with Crippen molar-refractivity contribution in [3.05, 3.63) is 35.4 Å². The molecule has 0 nitrogen and oxygen atoms in total. The molecule has 0 bridgehead atoms. The average molecular weight is 149 g/mol. The highest BCUT2D eigenvalue weighted by Crippen LogP contribution is 2.23. The lowest BCUT2D eigenvalue weighted by Gasteiger charge is -2.13. The third-order valence-corrected chi connectivity index (χ3v) is 2.83. The lowest BCUT2D eigenvalue weighted by atomic mass is 10.1. The van der Waals surface area contributed by atoms with Gasteiger partial charge in [-0.05, 0) is 29.4 Å². The summed E-state index contributed by atoms with van der Waals surface area (Å²) < 4.78 is 0. The van der Waals surface area contributed by atoms with Gasteiger partial charge < -0.3 is 0 Å². The fourth-order valence-corrected chi connectivity index (χ4v) is 2.24. The molecule has 1 heteroatoms.